The highest BCUT2D eigenvalue weighted by atomic mass is 35.5. The van der Waals surface area contributed by atoms with E-state index < -0.39 is 0 Å². The largest absolute Gasteiger partial charge is 0.371 e. The summed E-state index contributed by atoms with van der Waals surface area (Å²) in [5, 5.41) is 2.16. The molecule has 0 aromatic heterocycles. The molecule has 2 aromatic carbocycles. The molecule has 1 amide bonds. The van der Waals surface area contributed by atoms with E-state index in [-0.39, 0.29) is 5.91 Å². The van der Waals surface area contributed by atoms with Crippen LogP contribution >= 0.6 is 11.6 Å². The zero-order valence-corrected chi connectivity index (χ0v) is 14.9. The second-order valence-electron chi connectivity index (χ2n) is 6.64. The molecule has 0 saturated carbocycles. The van der Waals surface area contributed by atoms with Gasteiger partial charge in [0.25, 0.3) is 5.91 Å². The molecule has 25 heavy (non-hydrogen) atoms. The quantitative estimate of drug-likeness (QED) is 0.883. The summed E-state index contributed by atoms with van der Waals surface area (Å²) in [7, 11) is 0. The van der Waals surface area contributed by atoms with Gasteiger partial charge in [-0.25, -0.2) is 10.4 Å². The maximum absolute atomic E-state index is 13.1. The maximum Gasteiger partial charge on any atom is 0.274 e. The van der Waals surface area contributed by atoms with Gasteiger partial charge >= 0.3 is 0 Å². The Hall–Kier alpha value is -2.04. The Morgan fingerprint density at radius 1 is 1.04 bits per heavy atom. The molecule has 2 aromatic rings. The number of carbonyl (C=O) groups excluding carboxylic acids is 1. The van der Waals surface area contributed by atoms with Gasteiger partial charge in [-0.15, -0.1) is 0 Å². The van der Waals surface area contributed by atoms with E-state index in [1.165, 1.54) is 18.4 Å². The Balaban J connectivity index is 1.64. The van der Waals surface area contributed by atoms with Crippen molar-refractivity contribution in [2.24, 2.45) is 0 Å². The SMILES string of the molecule is O=C(c1ccc(N2CCCC2)cc1Cl)N1NCCCc2ccccc21. The summed E-state index contributed by atoms with van der Waals surface area (Å²) < 4.78 is 0. The number of fused-ring (bicyclic) bond motifs is 1. The first-order valence-corrected chi connectivity index (χ1v) is 9.32. The topological polar surface area (TPSA) is 35.6 Å². The molecule has 1 fully saturated rings. The summed E-state index contributed by atoms with van der Waals surface area (Å²) in [6, 6.07) is 13.8. The summed E-state index contributed by atoms with van der Waals surface area (Å²) in [5.74, 6) is -0.104. The van der Waals surface area contributed by atoms with Crippen LogP contribution in [0.2, 0.25) is 5.02 Å². The van der Waals surface area contributed by atoms with Gasteiger partial charge in [-0.1, -0.05) is 29.8 Å². The van der Waals surface area contributed by atoms with Crippen molar-refractivity contribution < 1.29 is 4.79 Å². The highest BCUT2D eigenvalue weighted by molar-refractivity contribution is 6.34. The van der Waals surface area contributed by atoms with Gasteiger partial charge in [-0.3, -0.25) is 4.79 Å². The fourth-order valence-electron chi connectivity index (χ4n) is 3.65. The van der Waals surface area contributed by atoms with Gasteiger partial charge in [-0.2, -0.15) is 0 Å². The number of para-hydroxylation sites is 1. The minimum Gasteiger partial charge on any atom is -0.371 e. The number of hydrogen-bond acceptors (Lipinski definition) is 3. The molecule has 4 rings (SSSR count). The minimum absolute atomic E-state index is 0.104. The standard InChI is InChI=1S/C20H22ClN3O/c21-18-14-16(23-12-3-4-13-23)9-10-17(18)20(25)24-19-8-2-1-6-15(19)7-5-11-22-24/h1-2,6,8-10,14,22H,3-5,7,11-13H2. The average Bonchev–Trinajstić information content (AvgIpc) is 3.08. The molecule has 2 heterocycles. The van der Waals surface area contributed by atoms with E-state index in [4.69, 9.17) is 11.6 Å². The monoisotopic (exact) mass is 355 g/mol. The van der Waals surface area contributed by atoms with Crippen LogP contribution in [-0.4, -0.2) is 25.5 Å². The molecule has 0 bridgehead atoms. The number of nitrogens with zero attached hydrogens (tertiary/aromatic N) is 2. The summed E-state index contributed by atoms with van der Waals surface area (Å²) in [6.45, 7) is 2.89. The highest BCUT2D eigenvalue weighted by Gasteiger charge is 2.24. The van der Waals surface area contributed by atoms with E-state index in [2.05, 4.69) is 16.4 Å². The van der Waals surface area contributed by atoms with Gasteiger partial charge < -0.3 is 4.90 Å². The fourth-order valence-corrected chi connectivity index (χ4v) is 3.90. The van der Waals surface area contributed by atoms with Gasteiger partial charge in [0.05, 0.1) is 16.3 Å². The number of rotatable bonds is 2. The Morgan fingerprint density at radius 3 is 2.64 bits per heavy atom. The number of aryl methyl sites for hydroxylation is 1. The number of carbonyl (C=O) groups is 1. The van der Waals surface area contributed by atoms with E-state index in [0.29, 0.717) is 10.6 Å². The minimum atomic E-state index is -0.104. The summed E-state index contributed by atoms with van der Waals surface area (Å²) in [5.41, 5.74) is 6.99. The lowest BCUT2D eigenvalue weighted by atomic mass is 10.1. The zero-order chi connectivity index (χ0) is 17.2. The van der Waals surface area contributed by atoms with E-state index in [0.717, 1.165) is 43.9 Å². The van der Waals surface area contributed by atoms with Crippen LogP contribution in [0.15, 0.2) is 42.5 Å². The first-order valence-electron chi connectivity index (χ1n) is 8.94. The maximum atomic E-state index is 13.1. The van der Waals surface area contributed by atoms with Crippen LogP contribution in [0.1, 0.15) is 35.2 Å². The zero-order valence-electron chi connectivity index (χ0n) is 14.2. The fraction of sp³-hybridized carbons (Fsp3) is 0.350. The third-order valence-electron chi connectivity index (χ3n) is 4.98. The van der Waals surface area contributed by atoms with Crippen LogP contribution in [0, 0.1) is 0 Å². The first kappa shape index (κ1) is 16.4. The summed E-state index contributed by atoms with van der Waals surface area (Å²) in [4.78, 5) is 15.5. The van der Waals surface area contributed by atoms with Gasteiger partial charge in [0.1, 0.15) is 0 Å². The predicted molar refractivity (Wildman–Crippen MR) is 102 cm³/mol. The normalized spacial score (nSPS) is 17.3. The van der Waals surface area contributed by atoms with Crippen molar-refractivity contribution in [3.63, 3.8) is 0 Å². The van der Waals surface area contributed by atoms with Crippen LogP contribution in [0.4, 0.5) is 11.4 Å². The molecule has 2 aliphatic rings. The molecule has 130 valence electrons. The molecule has 0 atom stereocenters. The number of anilines is 2. The molecule has 2 aliphatic heterocycles. The molecular formula is C20H22ClN3O. The van der Waals surface area contributed by atoms with Crippen molar-refractivity contribution in [1.82, 2.24) is 5.43 Å². The third-order valence-corrected chi connectivity index (χ3v) is 5.30. The molecule has 0 unspecified atom stereocenters. The number of halogens is 1. The number of hydrogen-bond donors (Lipinski definition) is 1. The van der Waals surface area contributed by atoms with Crippen molar-refractivity contribution in [2.75, 3.05) is 29.5 Å². The molecule has 0 spiro atoms. The highest BCUT2D eigenvalue weighted by Crippen LogP contribution is 2.29. The van der Waals surface area contributed by atoms with E-state index in [9.17, 15) is 4.79 Å². The van der Waals surface area contributed by atoms with E-state index in [1.807, 2.05) is 36.4 Å². The third kappa shape index (κ3) is 3.24. The van der Waals surface area contributed by atoms with Gasteiger partial charge in [0, 0.05) is 25.3 Å². The van der Waals surface area contributed by atoms with E-state index in [1.54, 1.807) is 5.01 Å². The predicted octanol–water partition coefficient (Wildman–Crippen LogP) is 4.04. The van der Waals surface area contributed by atoms with Crippen LogP contribution in [0.3, 0.4) is 0 Å². The van der Waals surface area contributed by atoms with Crippen molar-refractivity contribution in [2.45, 2.75) is 25.7 Å². The molecule has 5 heteroatoms. The van der Waals surface area contributed by atoms with Gasteiger partial charge in [-0.05, 0) is 55.5 Å². The number of hydrazine groups is 1. The van der Waals surface area contributed by atoms with Crippen molar-refractivity contribution in [3.05, 3.63) is 58.6 Å². The average molecular weight is 356 g/mol. The van der Waals surface area contributed by atoms with Crippen molar-refractivity contribution in [3.8, 4) is 0 Å². The molecule has 1 saturated heterocycles. The Kier molecular flexibility index (Phi) is 4.64. The summed E-state index contributed by atoms with van der Waals surface area (Å²) >= 11 is 6.49. The van der Waals surface area contributed by atoms with Crippen LogP contribution in [0.5, 0.6) is 0 Å². The number of amides is 1. The molecule has 4 nitrogen and oxygen atoms in total. The van der Waals surface area contributed by atoms with Crippen molar-refractivity contribution in [1.29, 1.82) is 0 Å². The number of benzene rings is 2. The Bertz CT molecular complexity index is 786. The Labute approximate surface area is 153 Å². The molecule has 0 aliphatic carbocycles. The van der Waals surface area contributed by atoms with Gasteiger partial charge in [0.2, 0.25) is 0 Å². The molecular weight excluding hydrogens is 334 g/mol. The molecule has 0 radical (unpaired) electrons. The van der Waals surface area contributed by atoms with Gasteiger partial charge in [0.15, 0.2) is 0 Å². The smallest absolute Gasteiger partial charge is 0.274 e. The van der Waals surface area contributed by atoms with Crippen LogP contribution in [-0.2, 0) is 6.42 Å². The Morgan fingerprint density at radius 2 is 1.84 bits per heavy atom. The van der Waals surface area contributed by atoms with Crippen LogP contribution < -0.4 is 15.3 Å². The molecule has 1 N–H and O–H groups in total. The number of nitrogens with one attached hydrogen (secondary N) is 1. The van der Waals surface area contributed by atoms with Crippen LogP contribution in [0.25, 0.3) is 0 Å². The van der Waals surface area contributed by atoms with E-state index >= 15 is 0 Å². The summed E-state index contributed by atoms with van der Waals surface area (Å²) in [6.07, 6.45) is 4.40. The lowest BCUT2D eigenvalue weighted by Crippen LogP contribution is -2.43. The van der Waals surface area contributed by atoms with Crippen molar-refractivity contribution >= 4 is 28.9 Å². The lowest BCUT2D eigenvalue weighted by molar-refractivity contribution is 0.0975. The second-order valence-corrected chi connectivity index (χ2v) is 7.05. The lowest BCUT2D eigenvalue weighted by Gasteiger charge is -2.24. The first-order chi connectivity index (χ1) is 12.2. The second kappa shape index (κ2) is 7.06.